The van der Waals surface area contributed by atoms with Gasteiger partial charge in [0.05, 0.1) is 22.5 Å². The number of para-hydroxylation sites is 1. The van der Waals surface area contributed by atoms with Crippen LogP contribution < -0.4 is 0 Å². The quantitative estimate of drug-likeness (QED) is 0.656. The van der Waals surface area contributed by atoms with Gasteiger partial charge in [0.25, 0.3) is 5.91 Å². The van der Waals surface area contributed by atoms with Crippen molar-refractivity contribution in [3.8, 4) is 11.4 Å². The molecule has 1 fully saturated rings. The molecule has 0 spiro atoms. The lowest BCUT2D eigenvalue weighted by Gasteiger charge is -2.37. The number of amides is 1. The van der Waals surface area contributed by atoms with Crippen LogP contribution in [0.5, 0.6) is 0 Å². The summed E-state index contributed by atoms with van der Waals surface area (Å²) in [6, 6.07) is 16.1. The van der Waals surface area contributed by atoms with Gasteiger partial charge in [-0.2, -0.15) is 0 Å². The first-order chi connectivity index (χ1) is 14.2. The summed E-state index contributed by atoms with van der Waals surface area (Å²) in [5.74, 6) is 0.0961. The zero-order chi connectivity index (χ0) is 20.2. The minimum Gasteiger partial charge on any atom is -0.339 e. The minimum atomic E-state index is 0.0961. The summed E-state index contributed by atoms with van der Waals surface area (Å²) in [6.45, 7) is 8.16. The van der Waals surface area contributed by atoms with Gasteiger partial charge in [0.15, 0.2) is 0 Å². The second-order valence-corrected chi connectivity index (χ2v) is 7.53. The van der Waals surface area contributed by atoms with Gasteiger partial charge in [-0.1, -0.05) is 38.1 Å². The third-order valence-electron chi connectivity index (χ3n) is 5.95. The molecule has 5 nitrogen and oxygen atoms in total. The van der Waals surface area contributed by atoms with E-state index in [-0.39, 0.29) is 5.91 Å². The van der Waals surface area contributed by atoms with Crippen molar-refractivity contribution in [2.24, 2.45) is 0 Å². The predicted molar refractivity (Wildman–Crippen MR) is 117 cm³/mol. The normalized spacial score (nSPS) is 15.2. The number of piperidine rings is 1. The molecule has 1 amide bonds. The molecule has 1 saturated heterocycles. The Balaban J connectivity index is 1.64. The number of hydrogen-bond acceptors (Lipinski definition) is 4. The second kappa shape index (κ2) is 8.70. The molecule has 0 atom stereocenters. The third kappa shape index (κ3) is 4.01. The number of fused-ring (bicyclic) bond motifs is 1. The highest BCUT2D eigenvalue weighted by molar-refractivity contribution is 6.07. The highest BCUT2D eigenvalue weighted by Crippen LogP contribution is 2.26. The number of likely N-dealkylation sites (tertiary alicyclic amines) is 1. The van der Waals surface area contributed by atoms with Gasteiger partial charge in [-0.25, -0.2) is 4.98 Å². The van der Waals surface area contributed by atoms with E-state index in [1.54, 1.807) is 6.20 Å². The van der Waals surface area contributed by atoms with E-state index in [0.29, 0.717) is 6.04 Å². The van der Waals surface area contributed by atoms with E-state index in [0.717, 1.165) is 66.9 Å². The fraction of sp³-hybridized carbons (Fsp3) is 0.375. The Morgan fingerprint density at radius 2 is 1.76 bits per heavy atom. The number of carbonyl (C=O) groups is 1. The van der Waals surface area contributed by atoms with Crippen molar-refractivity contribution in [1.29, 1.82) is 0 Å². The molecular weight excluding hydrogens is 360 g/mol. The SMILES string of the molecule is CCN(CC)C1CCN(C(=O)c2cc(-c3ccccn3)nc3ccccc23)CC1. The average molecular weight is 389 g/mol. The zero-order valence-electron chi connectivity index (χ0n) is 17.2. The second-order valence-electron chi connectivity index (χ2n) is 7.53. The molecule has 3 aromatic rings. The smallest absolute Gasteiger partial charge is 0.254 e. The van der Waals surface area contributed by atoms with Crippen LogP contribution in [0.25, 0.3) is 22.3 Å². The third-order valence-corrected chi connectivity index (χ3v) is 5.95. The molecule has 1 aliphatic heterocycles. The van der Waals surface area contributed by atoms with Crippen molar-refractivity contribution >= 4 is 16.8 Å². The van der Waals surface area contributed by atoms with Crippen LogP contribution in [0.2, 0.25) is 0 Å². The molecule has 150 valence electrons. The van der Waals surface area contributed by atoms with Gasteiger partial charge in [0.1, 0.15) is 0 Å². The minimum absolute atomic E-state index is 0.0961. The van der Waals surface area contributed by atoms with Crippen molar-refractivity contribution in [1.82, 2.24) is 19.8 Å². The van der Waals surface area contributed by atoms with Crippen molar-refractivity contribution in [3.63, 3.8) is 0 Å². The Morgan fingerprint density at radius 3 is 2.45 bits per heavy atom. The number of pyridine rings is 2. The predicted octanol–water partition coefficient (Wildman–Crippen LogP) is 4.24. The van der Waals surface area contributed by atoms with Crippen LogP contribution >= 0.6 is 0 Å². The lowest BCUT2D eigenvalue weighted by molar-refractivity contribution is 0.0633. The van der Waals surface area contributed by atoms with Crippen LogP contribution in [0.3, 0.4) is 0 Å². The van der Waals surface area contributed by atoms with E-state index in [4.69, 9.17) is 4.98 Å². The summed E-state index contributed by atoms with van der Waals surface area (Å²) in [6.07, 6.45) is 3.82. The van der Waals surface area contributed by atoms with Crippen LogP contribution in [0.15, 0.2) is 54.7 Å². The number of rotatable bonds is 5. The van der Waals surface area contributed by atoms with Crippen molar-refractivity contribution in [2.75, 3.05) is 26.2 Å². The fourth-order valence-electron chi connectivity index (χ4n) is 4.34. The topological polar surface area (TPSA) is 49.3 Å². The number of benzene rings is 1. The molecule has 1 aromatic carbocycles. The summed E-state index contributed by atoms with van der Waals surface area (Å²) >= 11 is 0. The molecule has 3 heterocycles. The Labute approximate surface area is 172 Å². The summed E-state index contributed by atoms with van der Waals surface area (Å²) in [7, 11) is 0. The monoisotopic (exact) mass is 388 g/mol. The Kier molecular flexibility index (Phi) is 5.86. The number of aromatic nitrogens is 2. The first-order valence-corrected chi connectivity index (χ1v) is 10.6. The van der Waals surface area contributed by atoms with Gasteiger partial charge in [0.2, 0.25) is 0 Å². The number of carbonyl (C=O) groups excluding carboxylic acids is 1. The van der Waals surface area contributed by atoms with Crippen LogP contribution in [0.1, 0.15) is 37.0 Å². The first-order valence-electron chi connectivity index (χ1n) is 10.6. The van der Waals surface area contributed by atoms with Crippen LogP contribution in [0, 0.1) is 0 Å². The van der Waals surface area contributed by atoms with E-state index >= 15 is 0 Å². The Hall–Kier alpha value is -2.79. The van der Waals surface area contributed by atoms with Crippen molar-refractivity contribution in [3.05, 3.63) is 60.3 Å². The fourth-order valence-corrected chi connectivity index (χ4v) is 4.34. The molecule has 0 unspecified atom stereocenters. The molecule has 0 radical (unpaired) electrons. The summed E-state index contributed by atoms with van der Waals surface area (Å²) in [5, 5.41) is 0.906. The number of hydrogen-bond donors (Lipinski definition) is 0. The van der Waals surface area contributed by atoms with E-state index in [1.165, 1.54) is 0 Å². The van der Waals surface area contributed by atoms with Crippen LogP contribution in [-0.2, 0) is 0 Å². The van der Waals surface area contributed by atoms with Crippen molar-refractivity contribution < 1.29 is 4.79 Å². The van der Waals surface area contributed by atoms with Gasteiger partial charge in [0, 0.05) is 30.7 Å². The molecule has 4 rings (SSSR count). The summed E-state index contributed by atoms with van der Waals surface area (Å²) in [4.78, 5) is 27.2. The molecule has 0 saturated carbocycles. The summed E-state index contributed by atoms with van der Waals surface area (Å²) < 4.78 is 0. The van der Waals surface area contributed by atoms with Gasteiger partial charge in [-0.05, 0) is 50.2 Å². The summed E-state index contributed by atoms with van der Waals surface area (Å²) in [5.41, 5.74) is 3.08. The maximum atomic E-state index is 13.5. The number of nitrogens with zero attached hydrogens (tertiary/aromatic N) is 4. The lowest BCUT2D eigenvalue weighted by atomic mass is 10.0. The van der Waals surface area contributed by atoms with E-state index in [1.807, 2.05) is 53.4 Å². The molecule has 0 aliphatic carbocycles. The van der Waals surface area contributed by atoms with E-state index in [9.17, 15) is 4.79 Å². The van der Waals surface area contributed by atoms with Gasteiger partial charge in [-0.3, -0.25) is 9.78 Å². The standard InChI is InChI=1S/C24H28N4O/c1-3-27(4-2)18-12-15-28(16-13-18)24(29)20-17-23(22-11-7-8-14-25-22)26-21-10-6-5-9-19(20)21/h5-11,14,17-18H,3-4,12-13,15-16H2,1-2H3. The zero-order valence-corrected chi connectivity index (χ0v) is 17.2. The average Bonchev–Trinajstić information content (AvgIpc) is 2.80. The Morgan fingerprint density at radius 1 is 1.03 bits per heavy atom. The highest BCUT2D eigenvalue weighted by atomic mass is 16.2. The van der Waals surface area contributed by atoms with Crippen LogP contribution in [-0.4, -0.2) is 57.9 Å². The molecule has 0 N–H and O–H groups in total. The molecule has 5 heteroatoms. The lowest BCUT2D eigenvalue weighted by Crippen LogP contribution is -2.46. The van der Waals surface area contributed by atoms with Crippen molar-refractivity contribution in [2.45, 2.75) is 32.7 Å². The van der Waals surface area contributed by atoms with E-state index < -0.39 is 0 Å². The first kappa shape index (κ1) is 19.5. The molecule has 0 bridgehead atoms. The van der Waals surface area contributed by atoms with Gasteiger partial charge < -0.3 is 9.80 Å². The largest absolute Gasteiger partial charge is 0.339 e. The maximum Gasteiger partial charge on any atom is 0.254 e. The molecule has 1 aliphatic rings. The Bertz CT molecular complexity index is 977. The van der Waals surface area contributed by atoms with Gasteiger partial charge >= 0.3 is 0 Å². The molecular formula is C24H28N4O. The van der Waals surface area contributed by atoms with E-state index in [2.05, 4.69) is 23.7 Å². The van der Waals surface area contributed by atoms with Crippen LogP contribution in [0.4, 0.5) is 0 Å². The molecule has 29 heavy (non-hydrogen) atoms. The highest BCUT2D eigenvalue weighted by Gasteiger charge is 2.27. The van der Waals surface area contributed by atoms with Gasteiger partial charge in [-0.15, -0.1) is 0 Å². The molecule has 2 aromatic heterocycles. The maximum absolute atomic E-state index is 13.5.